The van der Waals surface area contributed by atoms with Crippen molar-refractivity contribution in [1.82, 2.24) is 0 Å². The third-order valence-corrected chi connectivity index (χ3v) is 7.12. The highest BCUT2D eigenvalue weighted by molar-refractivity contribution is 7.99. The van der Waals surface area contributed by atoms with Crippen molar-refractivity contribution in [2.24, 2.45) is 0 Å². The highest BCUT2D eigenvalue weighted by Gasteiger charge is 2.42. The van der Waals surface area contributed by atoms with Gasteiger partial charge in [0.05, 0.1) is 11.3 Å². The normalized spacial score (nSPS) is 32.4. The maximum absolute atomic E-state index is 6.18. The molecule has 0 radical (unpaired) electrons. The Morgan fingerprint density at radius 3 is 3.14 bits per heavy atom. The molecule has 3 aliphatic heterocycles. The van der Waals surface area contributed by atoms with E-state index in [0.717, 1.165) is 25.3 Å². The zero-order valence-electron chi connectivity index (χ0n) is 12.2. The summed E-state index contributed by atoms with van der Waals surface area (Å²) in [5.74, 6) is 3.61. The molecule has 0 aromatic heterocycles. The van der Waals surface area contributed by atoms with Crippen LogP contribution in [0.3, 0.4) is 0 Å². The Morgan fingerprint density at radius 2 is 2.29 bits per heavy atom. The number of hydrogen-bond donors (Lipinski definition) is 1. The Labute approximate surface area is 135 Å². The predicted molar refractivity (Wildman–Crippen MR) is 92.6 cm³/mol. The molecule has 2 atom stereocenters. The second kappa shape index (κ2) is 5.60. The lowest BCUT2D eigenvalue weighted by molar-refractivity contribution is -0.0662. The average molecular weight is 322 g/mol. The Balaban J connectivity index is 1.61. The lowest BCUT2D eigenvalue weighted by atomic mass is 9.88. The molecular formula is C16H22N2OS2. The SMILES string of the molecule is Nc1ccc2c(c1)N(C1CCOC3(CCSC3)C1)CCS2. The number of nitrogens with two attached hydrogens (primary N) is 1. The van der Waals surface area contributed by atoms with Crippen LogP contribution in [0.4, 0.5) is 11.4 Å². The molecule has 2 N–H and O–H groups in total. The van der Waals surface area contributed by atoms with Gasteiger partial charge in [-0.25, -0.2) is 0 Å². The van der Waals surface area contributed by atoms with E-state index >= 15 is 0 Å². The molecule has 2 fully saturated rings. The first-order valence-corrected chi connectivity index (χ1v) is 9.91. The largest absolute Gasteiger partial charge is 0.399 e. The van der Waals surface area contributed by atoms with Crippen LogP contribution in [0.5, 0.6) is 0 Å². The number of thioether (sulfide) groups is 2. The standard InChI is InChI=1S/C16H22N2OS2/c17-12-1-2-15-14(9-12)18(5-8-21-15)13-3-6-19-16(10-13)4-7-20-11-16/h1-2,9,13H,3-8,10-11,17H2. The summed E-state index contributed by atoms with van der Waals surface area (Å²) in [6.45, 7) is 2.04. The minimum atomic E-state index is 0.151. The highest BCUT2D eigenvalue weighted by Crippen LogP contribution is 2.43. The molecule has 0 aliphatic carbocycles. The molecular weight excluding hydrogens is 300 g/mol. The van der Waals surface area contributed by atoms with Gasteiger partial charge >= 0.3 is 0 Å². The number of ether oxygens (including phenoxy) is 1. The van der Waals surface area contributed by atoms with Crippen LogP contribution in [-0.2, 0) is 4.74 Å². The van der Waals surface area contributed by atoms with Crippen molar-refractivity contribution in [1.29, 1.82) is 0 Å². The molecule has 21 heavy (non-hydrogen) atoms. The van der Waals surface area contributed by atoms with E-state index in [9.17, 15) is 0 Å². The van der Waals surface area contributed by atoms with E-state index in [1.807, 2.05) is 29.6 Å². The molecule has 5 heteroatoms. The van der Waals surface area contributed by atoms with Crippen LogP contribution in [-0.4, -0.2) is 42.1 Å². The van der Waals surface area contributed by atoms with Crippen LogP contribution >= 0.6 is 23.5 Å². The molecule has 0 bridgehead atoms. The van der Waals surface area contributed by atoms with E-state index in [0.29, 0.717) is 6.04 Å². The number of hydrogen-bond acceptors (Lipinski definition) is 5. The van der Waals surface area contributed by atoms with Gasteiger partial charge < -0.3 is 15.4 Å². The fourth-order valence-corrected chi connectivity index (χ4v) is 6.14. The summed E-state index contributed by atoms with van der Waals surface area (Å²) in [5.41, 5.74) is 8.40. The first-order valence-electron chi connectivity index (χ1n) is 7.76. The van der Waals surface area contributed by atoms with E-state index in [2.05, 4.69) is 17.0 Å². The van der Waals surface area contributed by atoms with Gasteiger partial charge in [0.25, 0.3) is 0 Å². The summed E-state index contributed by atoms with van der Waals surface area (Å²) < 4.78 is 6.18. The molecule has 1 aromatic carbocycles. The summed E-state index contributed by atoms with van der Waals surface area (Å²) in [6, 6.07) is 6.97. The number of nitrogens with zero attached hydrogens (tertiary/aromatic N) is 1. The fourth-order valence-electron chi connectivity index (χ4n) is 3.77. The summed E-state index contributed by atoms with van der Waals surface area (Å²) in [4.78, 5) is 3.99. The first kappa shape index (κ1) is 14.1. The van der Waals surface area contributed by atoms with Gasteiger partial charge in [0, 0.05) is 41.3 Å². The molecule has 4 rings (SSSR count). The van der Waals surface area contributed by atoms with E-state index in [1.165, 1.54) is 40.7 Å². The van der Waals surface area contributed by atoms with E-state index in [4.69, 9.17) is 10.5 Å². The molecule has 1 aromatic rings. The van der Waals surface area contributed by atoms with Crippen LogP contribution in [0.15, 0.2) is 23.1 Å². The third kappa shape index (κ3) is 2.64. The number of fused-ring (bicyclic) bond motifs is 1. The second-order valence-corrected chi connectivity index (χ2v) is 8.49. The van der Waals surface area contributed by atoms with Crippen LogP contribution in [0, 0.1) is 0 Å². The summed E-state index contributed by atoms with van der Waals surface area (Å²) in [6.07, 6.45) is 3.55. The number of benzene rings is 1. The number of rotatable bonds is 1. The van der Waals surface area contributed by atoms with E-state index < -0.39 is 0 Å². The molecule has 1 spiro atoms. The lowest BCUT2D eigenvalue weighted by Gasteiger charge is -2.45. The van der Waals surface area contributed by atoms with Crippen molar-refractivity contribution in [2.45, 2.75) is 35.8 Å². The number of nitrogen functional groups attached to an aromatic ring is 1. The summed E-state index contributed by atoms with van der Waals surface area (Å²) >= 11 is 4.00. The van der Waals surface area contributed by atoms with Gasteiger partial charge in [0.1, 0.15) is 0 Å². The average Bonchev–Trinajstić information content (AvgIpc) is 2.94. The van der Waals surface area contributed by atoms with Crippen molar-refractivity contribution in [2.75, 3.05) is 41.0 Å². The summed E-state index contributed by atoms with van der Waals surface area (Å²) in [5, 5.41) is 0. The molecule has 3 heterocycles. The maximum Gasteiger partial charge on any atom is 0.0799 e. The van der Waals surface area contributed by atoms with Gasteiger partial charge in [0.15, 0.2) is 0 Å². The third-order valence-electron chi connectivity index (χ3n) is 4.86. The van der Waals surface area contributed by atoms with Crippen LogP contribution in [0.1, 0.15) is 19.3 Å². The molecule has 0 amide bonds. The van der Waals surface area contributed by atoms with Crippen molar-refractivity contribution < 1.29 is 4.74 Å². The van der Waals surface area contributed by atoms with Crippen LogP contribution in [0.25, 0.3) is 0 Å². The van der Waals surface area contributed by atoms with Crippen LogP contribution < -0.4 is 10.6 Å². The monoisotopic (exact) mass is 322 g/mol. The molecule has 114 valence electrons. The van der Waals surface area contributed by atoms with Gasteiger partial charge in [-0.1, -0.05) is 0 Å². The van der Waals surface area contributed by atoms with Gasteiger partial charge in [-0.05, 0) is 43.2 Å². The molecule has 0 saturated carbocycles. The summed E-state index contributed by atoms with van der Waals surface area (Å²) in [7, 11) is 0. The maximum atomic E-state index is 6.18. The molecule has 2 unspecified atom stereocenters. The lowest BCUT2D eigenvalue weighted by Crippen LogP contribution is -2.50. The van der Waals surface area contributed by atoms with Crippen LogP contribution in [0.2, 0.25) is 0 Å². The fraction of sp³-hybridized carbons (Fsp3) is 0.625. The minimum absolute atomic E-state index is 0.151. The first-order chi connectivity index (χ1) is 10.3. The highest BCUT2D eigenvalue weighted by atomic mass is 32.2. The zero-order chi connectivity index (χ0) is 14.3. The quantitative estimate of drug-likeness (QED) is 0.804. The zero-order valence-corrected chi connectivity index (χ0v) is 13.8. The van der Waals surface area contributed by atoms with Gasteiger partial charge in [-0.3, -0.25) is 0 Å². The van der Waals surface area contributed by atoms with Crippen molar-refractivity contribution in [3.05, 3.63) is 18.2 Å². The molecule has 2 saturated heterocycles. The van der Waals surface area contributed by atoms with Gasteiger partial charge in [-0.15, -0.1) is 11.8 Å². The van der Waals surface area contributed by atoms with E-state index in [1.54, 1.807) is 0 Å². The van der Waals surface area contributed by atoms with Crippen molar-refractivity contribution in [3.63, 3.8) is 0 Å². The second-order valence-electron chi connectivity index (χ2n) is 6.25. The number of anilines is 2. The van der Waals surface area contributed by atoms with Gasteiger partial charge in [0.2, 0.25) is 0 Å². The molecule has 3 aliphatic rings. The van der Waals surface area contributed by atoms with Crippen molar-refractivity contribution in [3.8, 4) is 0 Å². The Kier molecular flexibility index (Phi) is 3.76. The Bertz CT molecular complexity index is 531. The topological polar surface area (TPSA) is 38.5 Å². The smallest absolute Gasteiger partial charge is 0.0799 e. The predicted octanol–water partition coefficient (Wildman–Crippen LogP) is 3.24. The Hall–Kier alpha value is -0.520. The van der Waals surface area contributed by atoms with E-state index in [-0.39, 0.29) is 5.60 Å². The van der Waals surface area contributed by atoms with Crippen molar-refractivity contribution >= 4 is 34.9 Å². The molecule has 3 nitrogen and oxygen atoms in total. The minimum Gasteiger partial charge on any atom is -0.399 e. The Morgan fingerprint density at radius 1 is 1.33 bits per heavy atom. The van der Waals surface area contributed by atoms with Gasteiger partial charge in [-0.2, -0.15) is 11.8 Å².